The number of nitrogens with zero attached hydrogens (tertiary/aromatic N) is 1. The molecule has 0 aliphatic carbocycles. The third kappa shape index (κ3) is 5.59. The Bertz CT molecular complexity index is 618. The molecular formula is C19H29N3O2S. The fourth-order valence-corrected chi connectivity index (χ4v) is 3.80. The molecule has 1 aromatic carbocycles. The summed E-state index contributed by atoms with van der Waals surface area (Å²) in [5.41, 5.74) is 0.757. The first-order valence-corrected chi connectivity index (χ1v) is 9.33. The van der Waals surface area contributed by atoms with Crippen LogP contribution in [-0.4, -0.2) is 40.7 Å². The fourth-order valence-electron chi connectivity index (χ4n) is 3.26. The van der Waals surface area contributed by atoms with E-state index in [2.05, 4.69) is 36.3 Å². The molecule has 2 rings (SSSR count). The Labute approximate surface area is 156 Å². The minimum Gasteiger partial charge on any atom is -0.492 e. The predicted molar refractivity (Wildman–Crippen MR) is 106 cm³/mol. The predicted octanol–water partition coefficient (Wildman–Crippen LogP) is 3.55. The quantitative estimate of drug-likeness (QED) is 0.726. The summed E-state index contributed by atoms with van der Waals surface area (Å²) >= 11 is 5.48. The SMILES string of the molecule is CCOc1ccccc1NC(=O)CCCN1C(=S)NC(C)(C)C[C@@H]1C. The number of benzene rings is 1. The summed E-state index contributed by atoms with van der Waals surface area (Å²) in [6, 6.07) is 7.88. The summed E-state index contributed by atoms with van der Waals surface area (Å²) in [6.07, 6.45) is 2.24. The molecule has 138 valence electrons. The Morgan fingerprint density at radius 1 is 1.44 bits per heavy atom. The second-order valence-electron chi connectivity index (χ2n) is 7.14. The maximum absolute atomic E-state index is 12.2. The number of ether oxygens (including phenoxy) is 1. The largest absolute Gasteiger partial charge is 0.492 e. The highest BCUT2D eigenvalue weighted by atomic mass is 32.1. The summed E-state index contributed by atoms with van der Waals surface area (Å²) in [5.74, 6) is 0.701. The fraction of sp³-hybridized carbons (Fsp3) is 0.579. The zero-order chi connectivity index (χ0) is 18.4. The lowest BCUT2D eigenvalue weighted by atomic mass is 9.93. The number of amides is 1. The zero-order valence-corrected chi connectivity index (χ0v) is 16.4. The first-order chi connectivity index (χ1) is 11.8. The van der Waals surface area contributed by atoms with Gasteiger partial charge in [-0.3, -0.25) is 4.79 Å². The maximum Gasteiger partial charge on any atom is 0.224 e. The number of nitrogens with one attached hydrogen (secondary N) is 2. The van der Waals surface area contributed by atoms with Gasteiger partial charge in [0.1, 0.15) is 5.75 Å². The lowest BCUT2D eigenvalue weighted by molar-refractivity contribution is -0.116. The molecule has 5 nitrogen and oxygen atoms in total. The van der Waals surface area contributed by atoms with E-state index in [9.17, 15) is 4.79 Å². The van der Waals surface area contributed by atoms with E-state index in [1.807, 2.05) is 31.2 Å². The minimum atomic E-state index is -0.00368. The van der Waals surface area contributed by atoms with Crippen LogP contribution in [0.25, 0.3) is 0 Å². The van der Waals surface area contributed by atoms with Gasteiger partial charge in [0.25, 0.3) is 0 Å². The van der Waals surface area contributed by atoms with Crippen LogP contribution in [0.3, 0.4) is 0 Å². The highest BCUT2D eigenvalue weighted by Crippen LogP contribution is 2.24. The molecule has 0 aromatic heterocycles. The van der Waals surface area contributed by atoms with Gasteiger partial charge in [0.05, 0.1) is 12.3 Å². The number of hydrogen-bond donors (Lipinski definition) is 2. The van der Waals surface area contributed by atoms with Gasteiger partial charge < -0.3 is 20.3 Å². The Balaban J connectivity index is 1.82. The summed E-state index contributed by atoms with van der Waals surface area (Å²) in [4.78, 5) is 14.4. The number of carbonyl (C=O) groups is 1. The molecule has 6 heteroatoms. The lowest BCUT2D eigenvalue weighted by Gasteiger charge is -2.44. The standard InChI is InChI=1S/C19H29N3O2S/c1-5-24-16-10-7-6-9-15(16)20-17(23)11-8-12-22-14(2)13-19(3,4)21-18(22)25/h6-7,9-10,14H,5,8,11-13H2,1-4H3,(H,20,23)(H,21,25)/t14-/m0/s1. The Morgan fingerprint density at radius 2 is 2.16 bits per heavy atom. The highest BCUT2D eigenvalue weighted by Gasteiger charge is 2.32. The van der Waals surface area contributed by atoms with Crippen molar-refractivity contribution in [2.45, 2.75) is 58.5 Å². The van der Waals surface area contributed by atoms with E-state index in [-0.39, 0.29) is 11.4 Å². The third-order valence-electron chi connectivity index (χ3n) is 4.31. The smallest absolute Gasteiger partial charge is 0.224 e. The third-order valence-corrected chi connectivity index (χ3v) is 4.64. The molecule has 0 unspecified atom stereocenters. The van der Waals surface area contributed by atoms with E-state index in [4.69, 9.17) is 17.0 Å². The van der Waals surface area contributed by atoms with E-state index in [0.717, 1.165) is 30.2 Å². The zero-order valence-electron chi connectivity index (χ0n) is 15.6. The Morgan fingerprint density at radius 3 is 2.84 bits per heavy atom. The van der Waals surface area contributed by atoms with Crippen LogP contribution in [0.4, 0.5) is 5.69 Å². The van der Waals surface area contributed by atoms with Crippen molar-refractivity contribution in [1.82, 2.24) is 10.2 Å². The first kappa shape index (κ1) is 19.5. The molecule has 0 saturated carbocycles. The Hall–Kier alpha value is -1.82. The van der Waals surface area contributed by atoms with Crippen LogP contribution >= 0.6 is 12.2 Å². The number of anilines is 1. The van der Waals surface area contributed by atoms with Gasteiger partial charge in [0.15, 0.2) is 5.11 Å². The van der Waals surface area contributed by atoms with E-state index >= 15 is 0 Å². The molecule has 2 N–H and O–H groups in total. The molecule has 1 aromatic rings. The van der Waals surface area contributed by atoms with E-state index < -0.39 is 0 Å². The minimum absolute atomic E-state index is 0.00368. The van der Waals surface area contributed by atoms with Gasteiger partial charge in [-0.2, -0.15) is 0 Å². The van der Waals surface area contributed by atoms with E-state index in [1.165, 1.54) is 0 Å². The van der Waals surface area contributed by atoms with Crippen LogP contribution in [-0.2, 0) is 4.79 Å². The van der Waals surface area contributed by atoms with Crippen LogP contribution in [0.1, 0.15) is 47.0 Å². The van der Waals surface area contributed by atoms with Gasteiger partial charge in [-0.1, -0.05) is 12.1 Å². The molecule has 1 saturated heterocycles. The number of carbonyl (C=O) groups excluding carboxylic acids is 1. The van der Waals surface area contributed by atoms with Gasteiger partial charge in [0, 0.05) is 24.5 Å². The highest BCUT2D eigenvalue weighted by molar-refractivity contribution is 7.80. The molecule has 1 heterocycles. The van der Waals surface area contributed by atoms with Gasteiger partial charge >= 0.3 is 0 Å². The van der Waals surface area contributed by atoms with Crippen molar-refractivity contribution < 1.29 is 9.53 Å². The van der Waals surface area contributed by atoms with Crippen LogP contribution in [0.15, 0.2) is 24.3 Å². The number of para-hydroxylation sites is 2. The molecule has 1 aliphatic heterocycles. The van der Waals surface area contributed by atoms with Gasteiger partial charge in [0.2, 0.25) is 5.91 Å². The van der Waals surface area contributed by atoms with Gasteiger partial charge in [-0.25, -0.2) is 0 Å². The lowest BCUT2D eigenvalue weighted by Crippen LogP contribution is -2.60. The monoisotopic (exact) mass is 363 g/mol. The summed E-state index contributed by atoms with van der Waals surface area (Å²) < 4.78 is 5.54. The van der Waals surface area contributed by atoms with Crippen LogP contribution < -0.4 is 15.4 Å². The number of rotatable bonds is 7. The molecule has 1 fully saturated rings. The maximum atomic E-state index is 12.2. The average molecular weight is 364 g/mol. The molecule has 0 bridgehead atoms. The van der Waals surface area contributed by atoms with Crippen molar-refractivity contribution in [2.24, 2.45) is 0 Å². The van der Waals surface area contributed by atoms with Gasteiger partial charge in [-0.15, -0.1) is 0 Å². The van der Waals surface area contributed by atoms with Crippen molar-refractivity contribution in [3.05, 3.63) is 24.3 Å². The molecule has 0 spiro atoms. The van der Waals surface area contributed by atoms with Crippen molar-refractivity contribution >= 4 is 28.9 Å². The molecule has 1 atom stereocenters. The van der Waals surface area contributed by atoms with Crippen molar-refractivity contribution in [2.75, 3.05) is 18.5 Å². The van der Waals surface area contributed by atoms with Crippen LogP contribution in [0.5, 0.6) is 5.75 Å². The van der Waals surface area contributed by atoms with Gasteiger partial charge in [-0.05, 0) is 64.9 Å². The normalized spacial score (nSPS) is 19.3. The van der Waals surface area contributed by atoms with E-state index in [1.54, 1.807) is 0 Å². The summed E-state index contributed by atoms with van der Waals surface area (Å²) in [5, 5.41) is 7.10. The topological polar surface area (TPSA) is 53.6 Å². The van der Waals surface area contributed by atoms with Crippen molar-refractivity contribution in [1.29, 1.82) is 0 Å². The molecule has 25 heavy (non-hydrogen) atoms. The van der Waals surface area contributed by atoms with Crippen molar-refractivity contribution in [3.8, 4) is 5.75 Å². The summed E-state index contributed by atoms with van der Waals surface area (Å²) in [6.45, 7) is 9.79. The van der Waals surface area contributed by atoms with Crippen LogP contribution in [0, 0.1) is 0 Å². The average Bonchev–Trinajstić information content (AvgIpc) is 2.51. The molecular weight excluding hydrogens is 334 g/mol. The van der Waals surface area contributed by atoms with Crippen LogP contribution in [0.2, 0.25) is 0 Å². The molecule has 1 aliphatic rings. The van der Waals surface area contributed by atoms with E-state index in [0.29, 0.717) is 24.8 Å². The Kier molecular flexibility index (Phi) is 6.64. The second-order valence-corrected chi connectivity index (χ2v) is 7.53. The number of hydrogen-bond acceptors (Lipinski definition) is 3. The molecule has 1 amide bonds. The molecule has 0 radical (unpaired) electrons. The summed E-state index contributed by atoms with van der Waals surface area (Å²) in [7, 11) is 0. The number of thiocarbonyl (C=S) groups is 1. The van der Waals surface area contributed by atoms with Crippen molar-refractivity contribution in [3.63, 3.8) is 0 Å². The first-order valence-electron chi connectivity index (χ1n) is 8.93. The second kappa shape index (κ2) is 8.52.